The summed E-state index contributed by atoms with van der Waals surface area (Å²) in [6.45, 7) is 1.69. The number of amides is 1. The Morgan fingerprint density at radius 3 is 2.82 bits per heavy atom. The molecule has 0 unspecified atom stereocenters. The summed E-state index contributed by atoms with van der Waals surface area (Å²) in [7, 11) is 0. The van der Waals surface area contributed by atoms with Gasteiger partial charge in [-0.15, -0.1) is 0 Å². The molecule has 0 radical (unpaired) electrons. The van der Waals surface area contributed by atoms with Crippen molar-refractivity contribution in [2.45, 2.75) is 6.92 Å². The molecule has 0 aliphatic rings. The van der Waals surface area contributed by atoms with Crippen LogP contribution in [0.5, 0.6) is 0 Å². The maximum absolute atomic E-state index is 13.0. The molecule has 0 saturated carbocycles. The fourth-order valence-electron chi connectivity index (χ4n) is 1.40. The van der Waals surface area contributed by atoms with Crippen LogP contribution in [0, 0.1) is 12.7 Å². The van der Waals surface area contributed by atoms with Gasteiger partial charge in [0, 0.05) is 4.47 Å². The highest BCUT2D eigenvalue weighted by atomic mass is 79.9. The lowest BCUT2D eigenvalue weighted by Gasteiger charge is -2.06. The minimum absolute atomic E-state index is 0.331. The van der Waals surface area contributed by atoms with Crippen LogP contribution in [-0.2, 0) is 0 Å². The van der Waals surface area contributed by atoms with E-state index in [2.05, 4.69) is 21.2 Å². The molecule has 2 rings (SSSR count). The van der Waals surface area contributed by atoms with Crippen LogP contribution in [0.2, 0.25) is 0 Å². The van der Waals surface area contributed by atoms with Crippen LogP contribution in [-0.4, -0.2) is 5.91 Å². The Balaban J connectivity index is 2.24. The van der Waals surface area contributed by atoms with E-state index < -0.39 is 5.82 Å². The molecule has 1 N–H and O–H groups in total. The minimum atomic E-state index is -0.410. The summed E-state index contributed by atoms with van der Waals surface area (Å²) in [5.41, 5.74) is 0.816. The number of hydrogen-bond donors (Lipinski definition) is 1. The van der Waals surface area contributed by atoms with Gasteiger partial charge in [0.15, 0.2) is 0 Å². The number of carbonyl (C=O) groups is 1. The third-order valence-corrected chi connectivity index (χ3v) is 2.97. The molecule has 3 nitrogen and oxygen atoms in total. The predicted octanol–water partition coefficient (Wildman–Crippen LogP) is 3.74. The van der Waals surface area contributed by atoms with E-state index in [9.17, 15) is 9.18 Å². The van der Waals surface area contributed by atoms with Crippen LogP contribution < -0.4 is 5.32 Å². The topological polar surface area (TPSA) is 42.2 Å². The molecule has 0 saturated heterocycles. The molecule has 0 aliphatic carbocycles. The van der Waals surface area contributed by atoms with E-state index in [1.54, 1.807) is 13.0 Å². The molecule has 0 spiro atoms. The lowest BCUT2D eigenvalue weighted by Crippen LogP contribution is -2.12. The molecule has 5 heteroatoms. The number of anilines is 1. The van der Waals surface area contributed by atoms with Gasteiger partial charge in [-0.2, -0.15) is 0 Å². The summed E-state index contributed by atoms with van der Waals surface area (Å²) in [4.78, 5) is 11.8. The monoisotopic (exact) mass is 297 g/mol. The molecule has 88 valence electrons. The molecular formula is C12H9BrFNO2. The van der Waals surface area contributed by atoms with Gasteiger partial charge in [0.05, 0.1) is 17.5 Å². The van der Waals surface area contributed by atoms with Crippen molar-refractivity contribution in [3.8, 4) is 0 Å². The number of nitrogens with one attached hydrogen (secondary N) is 1. The third-order valence-electron chi connectivity index (χ3n) is 2.28. The van der Waals surface area contributed by atoms with Gasteiger partial charge < -0.3 is 9.73 Å². The first-order valence-corrected chi connectivity index (χ1v) is 5.67. The van der Waals surface area contributed by atoms with Crippen molar-refractivity contribution < 1.29 is 13.6 Å². The molecule has 2 aromatic rings. The van der Waals surface area contributed by atoms with Gasteiger partial charge in [0.25, 0.3) is 5.91 Å². The summed E-state index contributed by atoms with van der Waals surface area (Å²) in [6, 6.07) is 5.66. The second-order valence-electron chi connectivity index (χ2n) is 3.47. The first kappa shape index (κ1) is 11.9. The van der Waals surface area contributed by atoms with E-state index in [4.69, 9.17) is 4.42 Å². The van der Waals surface area contributed by atoms with Crippen LogP contribution >= 0.6 is 15.9 Å². The van der Waals surface area contributed by atoms with E-state index >= 15 is 0 Å². The summed E-state index contributed by atoms with van der Waals surface area (Å²) in [5.74, 6) is -0.218. The zero-order valence-electron chi connectivity index (χ0n) is 8.96. The average Bonchev–Trinajstić information content (AvgIpc) is 2.70. The van der Waals surface area contributed by atoms with Crippen LogP contribution in [0.4, 0.5) is 10.1 Å². The Kier molecular flexibility index (Phi) is 3.28. The largest absolute Gasteiger partial charge is 0.469 e. The maximum Gasteiger partial charge on any atom is 0.259 e. The molecule has 0 fully saturated rings. The Labute approximate surface area is 106 Å². The first-order valence-electron chi connectivity index (χ1n) is 4.88. The lowest BCUT2D eigenvalue weighted by molar-refractivity contribution is 0.102. The predicted molar refractivity (Wildman–Crippen MR) is 65.5 cm³/mol. The second kappa shape index (κ2) is 4.71. The van der Waals surface area contributed by atoms with Gasteiger partial charge >= 0.3 is 0 Å². The number of benzene rings is 1. The highest BCUT2D eigenvalue weighted by molar-refractivity contribution is 9.10. The Morgan fingerprint density at radius 1 is 1.41 bits per heavy atom. The van der Waals surface area contributed by atoms with Crippen molar-refractivity contribution >= 4 is 27.5 Å². The Bertz CT molecular complexity index is 565. The zero-order valence-corrected chi connectivity index (χ0v) is 10.5. The summed E-state index contributed by atoms with van der Waals surface area (Å²) < 4.78 is 18.7. The summed E-state index contributed by atoms with van der Waals surface area (Å²) in [6.07, 6.45) is 1.44. The van der Waals surface area contributed by atoms with Crippen molar-refractivity contribution in [1.29, 1.82) is 0 Å². The van der Waals surface area contributed by atoms with Crippen LogP contribution in [0.15, 0.2) is 39.4 Å². The quantitative estimate of drug-likeness (QED) is 0.917. The van der Waals surface area contributed by atoms with Crippen molar-refractivity contribution in [3.63, 3.8) is 0 Å². The summed E-state index contributed by atoms with van der Waals surface area (Å²) in [5, 5.41) is 2.61. The van der Waals surface area contributed by atoms with Crippen LogP contribution in [0.25, 0.3) is 0 Å². The molecule has 0 bridgehead atoms. The van der Waals surface area contributed by atoms with Crippen molar-refractivity contribution in [2.24, 2.45) is 0 Å². The zero-order chi connectivity index (χ0) is 12.4. The Morgan fingerprint density at radius 2 is 2.18 bits per heavy atom. The standard InChI is InChI=1S/C12H9BrFNO2/c1-7-9(4-5-17-7)12(16)15-11-6-8(14)2-3-10(11)13/h2-6H,1H3,(H,15,16). The molecule has 0 atom stereocenters. The van der Waals surface area contributed by atoms with Crippen molar-refractivity contribution in [2.75, 3.05) is 5.32 Å². The van der Waals surface area contributed by atoms with Gasteiger partial charge in [-0.05, 0) is 47.1 Å². The highest BCUT2D eigenvalue weighted by Gasteiger charge is 2.13. The average molecular weight is 298 g/mol. The summed E-state index contributed by atoms with van der Waals surface area (Å²) >= 11 is 3.24. The van der Waals surface area contributed by atoms with Gasteiger partial charge in [-0.3, -0.25) is 4.79 Å². The van der Waals surface area contributed by atoms with Gasteiger partial charge in [0.1, 0.15) is 11.6 Å². The van der Waals surface area contributed by atoms with Crippen LogP contribution in [0.1, 0.15) is 16.1 Å². The maximum atomic E-state index is 13.0. The van der Waals surface area contributed by atoms with Gasteiger partial charge in [-0.25, -0.2) is 4.39 Å². The minimum Gasteiger partial charge on any atom is -0.469 e. The SMILES string of the molecule is Cc1occc1C(=O)Nc1cc(F)ccc1Br. The van der Waals surface area contributed by atoms with Gasteiger partial charge in [-0.1, -0.05) is 0 Å². The molecular weight excluding hydrogens is 289 g/mol. The van der Waals surface area contributed by atoms with E-state index in [0.29, 0.717) is 21.5 Å². The molecule has 1 aromatic carbocycles. The number of aryl methyl sites for hydroxylation is 1. The Hall–Kier alpha value is -1.62. The third kappa shape index (κ3) is 2.55. The van der Waals surface area contributed by atoms with Crippen molar-refractivity contribution in [1.82, 2.24) is 0 Å². The van der Waals surface area contributed by atoms with E-state index in [1.807, 2.05) is 0 Å². The first-order chi connectivity index (χ1) is 8.08. The number of halogens is 2. The van der Waals surface area contributed by atoms with E-state index in [-0.39, 0.29) is 5.91 Å². The fourth-order valence-corrected chi connectivity index (χ4v) is 1.75. The highest BCUT2D eigenvalue weighted by Crippen LogP contribution is 2.24. The van der Waals surface area contributed by atoms with Gasteiger partial charge in [0.2, 0.25) is 0 Å². The normalized spacial score (nSPS) is 10.3. The van der Waals surface area contributed by atoms with E-state index in [1.165, 1.54) is 24.5 Å². The smallest absolute Gasteiger partial charge is 0.259 e. The second-order valence-corrected chi connectivity index (χ2v) is 4.32. The fraction of sp³-hybridized carbons (Fsp3) is 0.0833. The van der Waals surface area contributed by atoms with Crippen molar-refractivity contribution in [3.05, 3.63) is 52.1 Å². The van der Waals surface area contributed by atoms with Crippen LogP contribution in [0.3, 0.4) is 0 Å². The number of carbonyl (C=O) groups excluding carboxylic acids is 1. The molecule has 1 amide bonds. The number of rotatable bonds is 2. The molecule has 17 heavy (non-hydrogen) atoms. The molecule has 0 aliphatic heterocycles. The molecule has 1 heterocycles. The number of furan rings is 1. The lowest BCUT2D eigenvalue weighted by atomic mass is 10.2. The number of hydrogen-bond acceptors (Lipinski definition) is 2. The molecule has 1 aromatic heterocycles. The van der Waals surface area contributed by atoms with E-state index in [0.717, 1.165) is 0 Å².